The molecule has 1 aliphatic rings. The van der Waals surface area contributed by atoms with Crippen LogP contribution in [0.4, 0.5) is 0 Å². The largest absolute Gasteiger partial charge is 0.463 e. The summed E-state index contributed by atoms with van der Waals surface area (Å²) in [5.74, 6) is 0. The Bertz CT molecular complexity index is 85.0. The van der Waals surface area contributed by atoms with Crippen LogP contribution in [0.5, 0.6) is 0 Å². The Hall–Kier alpha value is -0.0800. The van der Waals surface area contributed by atoms with Crippen molar-refractivity contribution in [2.75, 3.05) is 20.3 Å². The molecule has 54 valence electrons. The first-order valence-corrected chi connectivity index (χ1v) is 3.51. The van der Waals surface area contributed by atoms with Crippen molar-refractivity contribution in [3.63, 3.8) is 0 Å². The van der Waals surface area contributed by atoms with E-state index in [1.165, 1.54) is 24.3 Å². The maximum atomic E-state index is 5.04. The van der Waals surface area contributed by atoms with Crippen LogP contribution in [0, 0.1) is 7.05 Å². The molecule has 0 spiro atoms. The highest BCUT2D eigenvalue weighted by Crippen LogP contribution is 1.98. The summed E-state index contributed by atoms with van der Waals surface area (Å²) in [5, 5.41) is 0. The second-order valence-corrected chi connectivity index (χ2v) is 2.70. The first-order valence-electron chi connectivity index (χ1n) is 3.51. The van der Waals surface area contributed by atoms with Crippen LogP contribution in [-0.4, -0.2) is 26.3 Å². The standard InChI is InChI=1S/C7H15NO/c1-8-5-3-4-7(8)6-9-2/h7-8H,1,3-6H2,2H3. The molecule has 1 aliphatic heterocycles. The molecule has 0 bridgehead atoms. The number of likely N-dealkylation sites (tertiary alicyclic amines) is 1. The minimum atomic E-state index is 0.662. The molecule has 2 heteroatoms. The third-order valence-electron chi connectivity index (χ3n) is 2.00. The minimum Gasteiger partial charge on any atom is -0.463 e. The molecule has 1 heterocycles. The van der Waals surface area contributed by atoms with Gasteiger partial charge in [0.05, 0.1) is 19.2 Å². The minimum absolute atomic E-state index is 0.662. The van der Waals surface area contributed by atoms with E-state index in [1.54, 1.807) is 7.11 Å². The Morgan fingerprint density at radius 1 is 1.78 bits per heavy atom. The molecule has 1 N–H and O–H groups in total. The zero-order valence-electron chi connectivity index (χ0n) is 6.02. The summed E-state index contributed by atoms with van der Waals surface area (Å²) >= 11 is 0. The van der Waals surface area contributed by atoms with Gasteiger partial charge in [-0.1, -0.05) is 0 Å². The third-order valence-corrected chi connectivity index (χ3v) is 2.00. The smallest absolute Gasteiger partial charge is 0.0959 e. The average Bonchev–Trinajstić information content (AvgIpc) is 2.18. The van der Waals surface area contributed by atoms with Crippen LogP contribution in [0.2, 0.25) is 0 Å². The molecule has 0 amide bonds. The van der Waals surface area contributed by atoms with Gasteiger partial charge in [-0.25, -0.2) is 0 Å². The Morgan fingerprint density at radius 3 is 3.00 bits per heavy atom. The second-order valence-electron chi connectivity index (χ2n) is 2.70. The highest BCUT2D eigenvalue weighted by atomic mass is 16.5. The number of quaternary nitrogens is 1. The SMILES string of the molecule is [CH2-][NH+]1CCCC1COC. The van der Waals surface area contributed by atoms with Crippen LogP contribution in [-0.2, 0) is 4.74 Å². The van der Waals surface area contributed by atoms with E-state index in [-0.39, 0.29) is 0 Å². The summed E-state index contributed by atoms with van der Waals surface area (Å²) in [6.45, 7) is 2.09. The molecule has 0 aromatic rings. The lowest BCUT2D eigenvalue weighted by Crippen LogP contribution is -3.09. The van der Waals surface area contributed by atoms with Gasteiger partial charge in [0.2, 0.25) is 0 Å². The lowest BCUT2D eigenvalue weighted by molar-refractivity contribution is -0.867. The van der Waals surface area contributed by atoms with Gasteiger partial charge in [-0.3, -0.25) is 0 Å². The van der Waals surface area contributed by atoms with E-state index in [2.05, 4.69) is 7.05 Å². The average molecular weight is 129 g/mol. The Balaban J connectivity index is 2.22. The molecule has 2 atom stereocenters. The van der Waals surface area contributed by atoms with Crippen LogP contribution < -0.4 is 4.90 Å². The fourth-order valence-electron chi connectivity index (χ4n) is 1.39. The summed E-state index contributed by atoms with van der Waals surface area (Å²) < 4.78 is 5.04. The second kappa shape index (κ2) is 3.18. The van der Waals surface area contributed by atoms with E-state index in [1.807, 2.05) is 0 Å². The van der Waals surface area contributed by atoms with Crippen molar-refractivity contribution in [1.29, 1.82) is 0 Å². The summed E-state index contributed by atoms with van der Waals surface area (Å²) in [6, 6.07) is 0.662. The lowest BCUT2D eigenvalue weighted by Gasteiger charge is -2.21. The molecule has 2 unspecified atom stereocenters. The molecular weight excluding hydrogens is 114 g/mol. The van der Waals surface area contributed by atoms with Crippen molar-refractivity contribution >= 4 is 0 Å². The number of nitrogens with one attached hydrogen (secondary N) is 1. The van der Waals surface area contributed by atoms with E-state index in [9.17, 15) is 0 Å². The first kappa shape index (κ1) is 7.03. The normalized spacial score (nSPS) is 35.3. The number of hydrogen-bond acceptors (Lipinski definition) is 1. The first-order chi connectivity index (χ1) is 4.34. The van der Waals surface area contributed by atoms with Gasteiger partial charge >= 0.3 is 0 Å². The van der Waals surface area contributed by atoms with Gasteiger partial charge in [-0.15, -0.1) is 0 Å². The lowest BCUT2D eigenvalue weighted by atomic mass is 10.2. The molecule has 1 rings (SSSR count). The number of rotatable bonds is 2. The van der Waals surface area contributed by atoms with Gasteiger partial charge in [0.1, 0.15) is 0 Å². The molecule has 0 aromatic carbocycles. The number of methoxy groups -OCH3 is 1. The third kappa shape index (κ3) is 1.66. The van der Waals surface area contributed by atoms with Crippen molar-refractivity contribution in [1.82, 2.24) is 0 Å². The highest BCUT2D eigenvalue weighted by Gasteiger charge is 2.19. The van der Waals surface area contributed by atoms with Crippen molar-refractivity contribution in [2.24, 2.45) is 0 Å². The maximum absolute atomic E-state index is 5.04. The summed E-state index contributed by atoms with van der Waals surface area (Å²) in [4.78, 5) is 1.39. The Labute approximate surface area is 56.8 Å². The van der Waals surface area contributed by atoms with Crippen LogP contribution in [0.3, 0.4) is 0 Å². The summed E-state index contributed by atoms with van der Waals surface area (Å²) in [7, 11) is 5.73. The van der Waals surface area contributed by atoms with E-state index in [0.717, 1.165) is 6.61 Å². The summed E-state index contributed by atoms with van der Waals surface area (Å²) in [5.41, 5.74) is 0. The van der Waals surface area contributed by atoms with Crippen LogP contribution in [0.15, 0.2) is 0 Å². The van der Waals surface area contributed by atoms with Gasteiger partial charge in [0.15, 0.2) is 0 Å². The van der Waals surface area contributed by atoms with Gasteiger partial charge in [-0.05, 0) is 6.42 Å². The monoisotopic (exact) mass is 129 g/mol. The molecule has 1 saturated heterocycles. The van der Waals surface area contributed by atoms with Gasteiger partial charge in [0.25, 0.3) is 0 Å². The maximum Gasteiger partial charge on any atom is 0.0959 e. The molecule has 0 aromatic heterocycles. The molecule has 0 aliphatic carbocycles. The van der Waals surface area contributed by atoms with Crippen molar-refractivity contribution in [3.8, 4) is 0 Å². The predicted octanol–water partition coefficient (Wildman–Crippen LogP) is -0.528. The predicted molar refractivity (Wildman–Crippen MR) is 36.1 cm³/mol. The van der Waals surface area contributed by atoms with E-state index in [0.29, 0.717) is 6.04 Å². The Morgan fingerprint density at radius 2 is 2.56 bits per heavy atom. The van der Waals surface area contributed by atoms with Gasteiger partial charge in [-0.2, -0.15) is 7.05 Å². The van der Waals surface area contributed by atoms with Crippen LogP contribution >= 0.6 is 0 Å². The zero-order valence-corrected chi connectivity index (χ0v) is 6.02. The highest BCUT2D eigenvalue weighted by molar-refractivity contribution is 4.60. The van der Waals surface area contributed by atoms with Crippen LogP contribution in [0.1, 0.15) is 12.8 Å². The molecular formula is C7H15NO. The van der Waals surface area contributed by atoms with Crippen LogP contribution in [0.25, 0.3) is 0 Å². The number of ether oxygens (including phenoxy) is 1. The van der Waals surface area contributed by atoms with Gasteiger partial charge in [0, 0.05) is 13.5 Å². The summed E-state index contributed by atoms with van der Waals surface area (Å²) in [6.07, 6.45) is 2.60. The van der Waals surface area contributed by atoms with E-state index in [4.69, 9.17) is 4.74 Å². The van der Waals surface area contributed by atoms with E-state index < -0.39 is 0 Å². The molecule has 0 radical (unpaired) electrons. The topological polar surface area (TPSA) is 13.7 Å². The molecule has 2 nitrogen and oxygen atoms in total. The fraction of sp³-hybridized carbons (Fsp3) is 0.857. The van der Waals surface area contributed by atoms with Crippen molar-refractivity contribution < 1.29 is 9.64 Å². The molecule has 0 saturated carbocycles. The quantitative estimate of drug-likeness (QED) is 0.495. The molecule has 9 heavy (non-hydrogen) atoms. The van der Waals surface area contributed by atoms with Gasteiger partial charge < -0.3 is 9.64 Å². The van der Waals surface area contributed by atoms with Crippen molar-refractivity contribution in [2.45, 2.75) is 18.9 Å². The zero-order chi connectivity index (χ0) is 6.69. The Kier molecular flexibility index (Phi) is 2.49. The van der Waals surface area contributed by atoms with E-state index >= 15 is 0 Å². The fourth-order valence-corrected chi connectivity index (χ4v) is 1.39. The number of hydrogen-bond donors (Lipinski definition) is 1. The van der Waals surface area contributed by atoms with Crippen molar-refractivity contribution in [3.05, 3.63) is 7.05 Å². The molecule has 1 fully saturated rings.